The van der Waals surface area contributed by atoms with E-state index in [0.29, 0.717) is 28.5 Å². The molecule has 0 fully saturated rings. The summed E-state index contributed by atoms with van der Waals surface area (Å²) in [5.41, 5.74) is 1.55. The number of hydrogen-bond acceptors (Lipinski definition) is 6. The lowest BCUT2D eigenvalue weighted by Gasteiger charge is -2.30. The Kier molecular flexibility index (Phi) is 6.42. The zero-order valence-electron chi connectivity index (χ0n) is 15.9. The SMILES string of the molecule is CCOC(=O)C1C(=O)C=C(c2cccs2)CC1c1ccc(OC)c(OC)c1Cl. The topological polar surface area (TPSA) is 61.8 Å². The van der Waals surface area contributed by atoms with Gasteiger partial charge in [-0.2, -0.15) is 0 Å². The molecule has 0 saturated carbocycles. The first-order chi connectivity index (χ1) is 13.5. The summed E-state index contributed by atoms with van der Waals surface area (Å²) in [5.74, 6) is -1.35. The smallest absolute Gasteiger partial charge is 0.317 e. The van der Waals surface area contributed by atoms with Crippen molar-refractivity contribution in [3.05, 3.63) is 51.2 Å². The van der Waals surface area contributed by atoms with Crippen molar-refractivity contribution >= 4 is 40.3 Å². The highest BCUT2D eigenvalue weighted by Crippen LogP contribution is 2.47. The first-order valence-electron chi connectivity index (χ1n) is 8.87. The van der Waals surface area contributed by atoms with Gasteiger partial charge in [-0.25, -0.2) is 0 Å². The van der Waals surface area contributed by atoms with Crippen LogP contribution in [-0.2, 0) is 14.3 Å². The lowest BCUT2D eigenvalue weighted by molar-refractivity contribution is -0.151. The number of carbonyl (C=O) groups excluding carboxylic acids is 2. The van der Waals surface area contributed by atoms with E-state index >= 15 is 0 Å². The number of thiophene rings is 1. The van der Waals surface area contributed by atoms with E-state index in [-0.39, 0.29) is 12.4 Å². The summed E-state index contributed by atoms with van der Waals surface area (Å²) in [6.07, 6.45) is 2.05. The van der Waals surface area contributed by atoms with Crippen LogP contribution in [0, 0.1) is 5.92 Å². The molecule has 0 N–H and O–H groups in total. The van der Waals surface area contributed by atoms with Crippen LogP contribution in [0.3, 0.4) is 0 Å². The lowest BCUT2D eigenvalue weighted by Crippen LogP contribution is -2.34. The Labute approximate surface area is 172 Å². The van der Waals surface area contributed by atoms with Crippen LogP contribution in [0.1, 0.15) is 29.7 Å². The molecule has 0 saturated heterocycles. The average Bonchev–Trinajstić information content (AvgIpc) is 3.22. The van der Waals surface area contributed by atoms with Crippen molar-refractivity contribution in [2.45, 2.75) is 19.3 Å². The van der Waals surface area contributed by atoms with E-state index in [1.165, 1.54) is 14.2 Å². The Balaban J connectivity index is 2.10. The zero-order chi connectivity index (χ0) is 20.3. The predicted molar refractivity (Wildman–Crippen MR) is 109 cm³/mol. The predicted octanol–water partition coefficient (Wildman–Crippen LogP) is 4.74. The molecule has 2 atom stereocenters. The molecule has 1 aromatic heterocycles. The molecule has 0 spiro atoms. The third-order valence-corrected chi connectivity index (χ3v) is 6.09. The molecule has 0 radical (unpaired) electrons. The molecule has 5 nitrogen and oxygen atoms in total. The van der Waals surface area contributed by atoms with Gasteiger partial charge >= 0.3 is 5.97 Å². The van der Waals surface area contributed by atoms with Crippen molar-refractivity contribution in [1.82, 2.24) is 0 Å². The highest BCUT2D eigenvalue weighted by molar-refractivity contribution is 7.11. The van der Waals surface area contributed by atoms with E-state index in [9.17, 15) is 9.59 Å². The number of ether oxygens (including phenoxy) is 3. The summed E-state index contributed by atoms with van der Waals surface area (Å²) in [6, 6.07) is 7.41. The van der Waals surface area contributed by atoms with Gasteiger partial charge in [-0.3, -0.25) is 9.59 Å². The van der Waals surface area contributed by atoms with Gasteiger partial charge in [0.25, 0.3) is 0 Å². The van der Waals surface area contributed by atoms with Gasteiger partial charge in [0.15, 0.2) is 17.3 Å². The van der Waals surface area contributed by atoms with Gasteiger partial charge < -0.3 is 14.2 Å². The van der Waals surface area contributed by atoms with Crippen molar-refractivity contribution in [2.75, 3.05) is 20.8 Å². The van der Waals surface area contributed by atoms with E-state index in [4.69, 9.17) is 25.8 Å². The quantitative estimate of drug-likeness (QED) is 0.499. The van der Waals surface area contributed by atoms with Gasteiger partial charge in [-0.05, 0) is 48.1 Å². The molecule has 28 heavy (non-hydrogen) atoms. The molecule has 1 heterocycles. The van der Waals surface area contributed by atoms with Crippen molar-refractivity contribution in [3.63, 3.8) is 0 Å². The zero-order valence-corrected chi connectivity index (χ0v) is 17.4. The van der Waals surface area contributed by atoms with Gasteiger partial charge in [0.1, 0.15) is 5.92 Å². The van der Waals surface area contributed by atoms with Crippen LogP contribution in [-0.4, -0.2) is 32.6 Å². The maximum absolute atomic E-state index is 12.9. The van der Waals surface area contributed by atoms with Crippen LogP contribution in [0.5, 0.6) is 11.5 Å². The van der Waals surface area contributed by atoms with E-state index in [1.54, 1.807) is 36.5 Å². The third-order valence-electron chi connectivity index (χ3n) is 4.76. The number of methoxy groups -OCH3 is 2. The van der Waals surface area contributed by atoms with Gasteiger partial charge in [0, 0.05) is 10.8 Å². The first-order valence-corrected chi connectivity index (χ1v) is 10.1. The number of esters is 1. The summed E-state index contributed by atoms with van der Waals surface area (Å²) < 4.78 is 15.9. The van der Waals surface area contributed by atoms with E-state index in [0.717, 1.165) is 10.5 Å². The molecule has 2 unspecified atom stereocenters. The molecule has 0 amide bonds. The summed E-state index contributed by atoms with van der Waals surface area (Å²) in [7, 11) is 3.02. The third kappa shape index (κ3) is 3.80. The Hall–Kier alpha value is -2.31. The van der Waals surface area contributed by atoms with Gasteiger partial charge in [-0.15, -0.1) is 11.3 Å². The molecular weight excluding hydrogens is 400 g/mol. The molecule has 1 aromatic carbocycles. The van der Waals surface area contributed by atoms with Crippen LogP contribution >= 0.6 is 22.9 Å². The minimum Gasteiger partial charge on any atom is -0.493 e. The second-order valence-electron chi connectivity index (χ2n) is 6.29. The van der Waals surface area contributed by atoms with Crippen LogP contribution in [0.25, 0.3) is 5.57 Å². The van der Waals surface area contributed by atoms with Crippen molar-refractivity contribution in [2.24, 2.45) is 5.92 Å². The maximum atomic E-state index is 12.9. The second kappa shape index (κ2) is 8.80. The van der Waals surface area contributed by atoms with Crippen LogP contribution in [0.15, 0.2) is 35.7 Å². The highest BCUT2D eigenvalue weighted by atomic mass is 35.5. The summed E-state index contributed by atoms with van der Waals surface area (Å²) >= 11 is 8.16. The minimum atomic E-state index is -0.945. The Bertz CT molecular complexity index is 904. The van der Waals surface area contributed by atoms with Crippen molar-refractivity contribution in [3.8, 4) is 11.5 Å². The number of carbonyl (C=O) groups is 2. The van der Waals surface area contributed by atoms with Crippen molar-refractivity contribution < 1.29 is 23.8 Å². The first kappa shape index (κ1) is 20.4. The van der Waals surface area contributed by atoms with Gasteiger partial charge in [0.2, 0.25) is 0 Å². The van der Waals surface area contributed by atoms with E-state index in [2.05, 4.69) is 0 Å². The number of rotatable bonds is 6. The number of halogens is 1. The highest BCUT2D eigenvalue weighted by Gasteiger charge is 2.41. The number of allylic oxidation sites excluding steroid dienone is 2. The van der Waals surface area contributed by atoms with Gasteiger partial charge in [-0.1, -0.05) is 23.7 Å². The standard InChI is InChI=1S/C21H21ClO5S/c1-4-27-21(24)18-14(10-12(11-15(18)23)17-6-5-9-28-17)13-7-8-16(25-2)20(26-3)19(13)22/h5-9,11,14,18H,4,10H2,1-3H3. The monoisotopic (exact) mass is 420 g/mol. The molecule has 1 aliphatic rings. The normalized spacial score (nSPS) is 19.1. The number of ketones is 1. The Morgan fingerprint density at radius 3 is 2.64 bits per heavy atom. The molecule has 1 aliphatic carbocycles. The number of benzene rings is 1. The second-order valence-corrected chi connectivity index (χ2v) is 7.62. The summed E-state index contributed by atoms with van der Waals surface area (Å²) in [4.78, 5) is 26.5. The lowest BCUT2D eigenvalue weighted by atomic mass is 9.74. The fourth-order valence-electron chi connectivity index (χ4n) is 3.50. The average molecular weight is 421 g/mol. The summed E-state index contributed by atoms with van der Waals surface area (Å²) in [5, 5.41) is 2.29. The maximum Gasteiger partial charge on any atom is 0.317 e. The Morgan fingerprint density at radius 2 is 2.04 bits per heavy atom. The van der Waals surface area contributed by atoms with Crippen LogP contribution < -0.4 is 9.47 Å². The molecule has 148 valence electrons. The van der Waals surface area contributed by atoms with Gasteiger partial charge in [0.05, 0.1) is 25.8 Å². The Morgan fingerprint density at radius 1 is 1.25 bits per heavy atom. The number of hydrogen-bond donors (Lipinski definition) is 0. The molecule has 0 aliphatic heterocycles. The summed E-state index contributed by atoms with van der Waals surface area (Å²) in [6.45, 7) is 1.92. The molecule has 3 rings (SSSR count). The molecule has 7 heteroatoms. The van der Waals surface area contributed by atoms with Crippen LogP contribution in [0.2, 0.25) is 5.02 Å². The fourth-order valence-corrected chi connectivity index (χ4v) is 4.63. The van der Waals surface area contributed by atoms with E-state index < -0.39 is 17.8 Å². The fraction of sp³-hybridized carbons (Fsp3) is 0.333. The van der Waals surface area contributed by atoms with Crippen LogP contribution in [0.4, 0.5) is 0 Å². The molecule has 2 aromatic rings. The van der Waals surface area contributed by atoms with E-state index in [1.807, 2.05) is 17.5 Å². The molecule has 0 bridgehead atoms. The minimum absolute atomic E-state index is 0.205. The molecular formula is C21H21ClO5S. The largest absolute Gasteiger partial charge is 0.493 e. The van der Waals surface area contributed by atoms with Crippen molar-refractivity contribution in [1.29, 1.82) is 0 Å².